The SMILES string of the molecule is Cl.NC(=NCl)NC(=O)c1cc(I)c(O)c(I)c1. The Kier molecular flexibility index (Phi) is 7.44. The number of hydrogen-bond acceptors (Lipinski definition) is 3. The summed E-state index contributed by atoms with van der Waals surface area (Å²) in [5.74, 6) is -0.459. The van der Waals surface area contributed by atoms with E-state index in [1.807, 2.05) is 45.2 Å². The van der Waals surface area contributed by atoms with Crippen molar-refractivity contribution in [1.29, 1.82) is 0 Å². The zero-order valence-electron chi connectivity index (χ0n) is 8.08. The normalized spacial score (nSPS) is 10.6. The van der Waals surface area contributed by atoms with E-state index in [-0.39, 0.29) is 24.1 Å². The van der Waals surface area contributed by atoms with Crippen molar-refractivity contribution < 1.29 is 9.90 Å². The summed E-state index contributed by atoms with van der Waals surface area (Å²) in [7, 11) is 0. The fraction of sp³-hybridized carbons (Fsp3) is 0. The van der Waals surface area contributed by atoms with Crippen LogP contribution in [0.25, 0.3) is 0 Å². The highest BCUT2D eigenvalue weighted by molar-refractivity contribution is 14.1. The minimum atomic E-state index is -0.433. The number of phenolic OH excluding ortho intramolecular Hbond substituents is 1. The lowest BCUT2D eigenvalue weighted by Gasteiger charge is -2.06. The number of amides is 1. The Bertz CT molecular complexity index is 445. The maximum atomic E-state index is 11.6. The molecule has 0 heterocycles. The van der Waals surface area contributed by atoms with Crippen LogP contribution in [0.1, 0.15) is 10.4 Å². The van der Waals surface area contributed by atoms with Gasteiger partial charge in [-0.1, -0.05) is 0 Å². The van der Waals surface area contributed by atoms with E-state index in [9.17, 15) is 9.90 Å². The highest BCUT2D eigenvalue weighted by atomic mass is 127. The number of benzene rings is 1. The number of phenols is 1. The number of aromatic hydroxyl groups is 1. The first-order valence-corrected chi connectivity index (χ1v) is 6.39. The molecule has 9 heteroatoms. The third kappa shape index (κ3) is 4.64. The molecule has 5 nitrogen and oxygen atoms in total. The summed E-state index contributed by atoms with van der Waals surface area (Å²) in [6.45, 7) is 0. The molecule has 0 aliphatic rings. The molecule has 0 aliphatic heterocycles. The molecule has 0 aliphatic carbocycles. The van der Waals surface area contributed by atoms with Crippen molar-refractivity contribution in [1.82, 2.24) is 5.32 Å². The third-order valence-electron chi connectivity index (χ3n) is 1.61. The minimum absolute atomic E-state index is 0. The first-order valence-electron chi connectivity index (χ1n) is 3.89. The first kappa shape index (κ1) is 17.0. The molecule has 0 radical (unpaired) electrons. The second-order valence-corrected chi connectivity index (χ2v) is 5.21. The molecule has 17 heavy (non-hydrogen) atoms. The Morgan fingerprint density at radius 3 is 2.29 bits per heavy atom. The van der Waals surface area contributed by atoms with Gasteiger partial charge in [-0.15, -0.1) is 16.9 Å². The van der Waals surface area contributed by atoms with Crippen molar-refractivity contribution in [3.8, 4) is 5.75 Å². The van der Waals surface area contributed by atoms with E-state index in [0.717, 1.165) is 0 Å². The van der Waals surface area contributed by atoms with E-state index in [4.69, 9.17) is 17.5 Å². The summed E-state index contributed by atoms with van der Waals surface area (Å²) >= 11 is 8.94. The molecule has 1 aromatic carbocycles. The molecule has 0 bridgehead atoms. The lowest BCUT2D eigenvalue weighted by atomic mass is 10.2. The van der Waals surface area contributed by atoms with Gasteiger partial charge in [0.1, 0.15) is 5.75 Å². The van der Waals surface area contributed by atoms with Crippen molar-refractivity contribution in [2.75, 3.05) is 0 Å². The van der Waals surface area contributed by atoms with E-state index in [1.165, 1.54) is 12.1 Å². The molecule has 0 saturated heterocycles. The van der Waals surface area contributed by atoms with Crippen LogP contribution in [0.4, 0.5) is 0 Å². The van der Waals surface area contributed by atoms with Gasteiger partial charge in [0, 0.05) is 17.3 Å². The summed E-state index contributed by atoms with van der Waals surface area (Å²) in [4.78, 5) is 11.6. The Hall–Kier alpha value is -0.000000000000000111. The predicted molar refractivity (Wildman–Crippen MR) is 85.7 cm³/mol. The number of nitrogens with one attached hydrogen (secondary N) is 1. The summed E-state index contributed by atoms with van der Waals surface area (Å²) in [5.41, 5.74) is 5.62. The number of rotatable bonds is 1. The summed E-state index contributed by atoms with van der Waals surface area (Å²) in [6, 6.07) is 3.07. The lowest BCUT2D eigenvalue weighted by molar-refractivity contribution is 0.0976. The van der Waals surface area contributed by atoms with Crippen LogP contribution in [-0.4, -0.2) is 17.0 Å². The standard InChI is InChI=1S/C8H6ClI2N3O2.ClH/c9-14-8(12)13-7(16)3-1-4(10)6(15)5(11)2-3;/h1-2,15H,(H3,12,13,14,16);1H. The van der Waals surface area contributed by atoms with Crippen molar-refractivity contribution in [2.24, 2.45) is 10.2 Å². The number of guanidine groups is 1. The van der Waals surface area contributed by atoms with Crippen LogP contribution in [0.15, 0.2) is 16.6 Å². The van der Waals surface area contributed by atoms with Crippen molar-refractivity contribution in [3.63, 3.8) is 0 Å². The largest absolute Gasteiger partial charge is 0.506 e. The Morgan fingerprint density at radius 1 is 1.41 bits per heavy atom. The van der Waals surface area contributed by atoms with Gasteiger partial charge < -0.3 is 10.8 Å². The molecule has 4 N–H and O–H groups in total. The molecule has 0 atom stereocenters. The molecule has 1 rings (SSSR count). The molecular formula is C8H7Cl2I2N3O2. The predicted octanol–water partition coefficient (Wildman–Crippen LogP) is 2.22. The fourth-order valence-electron chi connectivity index (χ4n) is 0.906. The molecule has 0 saturated carbocycles. The minimum Gasteiger partial charge on any atom is -0.506 e. The van der Waals surface area contributed by atoms with E-state index in [0.29, 0.717) is 12.7 Å². The number of nitrogens with zero attached hydrogens (tertiary/aromatic N) is 1. The monoisotopic (exact) mass is 501 g/mol. The zero-order valence-corrected chi connectivity index (χ0v) is 14.0. The van der Waals surface area contributed by atoms with Gasteiger partial charge in [-0.05, 0) is 57.3 Å². The fourth-order valence-corrected chi connectivity index (χ4v) is 2.72. The summed E-state index contributed by atoms with van der Waals surface area (Å²) < 4.78 is 4.26. The van der Waals surface area contributed by atoms with E-state index < -0.39 is 5.91 Å². The topological polar surface area (TPSA) is 87.7 Å². The molecule has 1 aromatic rings. The molecule has 0 fully saturated rings. The van der Waals surface area contributed by atoms with Gasteiger partial charge in [0.15, 0.2) is 0 Å². The molecule has 1 amide bonds. The smallest absolute Gasteiger partial charge is 0.258 e. The number of carbonyl (C=O) groups excluding carboxylic acids is 1. The van der Waals surface area contributed by atoms with Crippen LogP contribution in [0.3, 0.4) is 0 Å². The second kappa shape index (κ2) is 7.44. The maximum Gasteiger partial charge on any atom is 0.258 e. The van der Waals surface area contributed by atoms with E-state index in [2.05, 4.69) is 9.83 Å². The second-order valence-electron chi connectivity index (χ2n) is 2.71. The Labute approximate surface area is 136 Å². The van der Waals surface area contributed by atoms with Gasteiger partial charge in [-0.25, -0.2) is 0 Å². The number of carbonyl (C=O) groups is 1. The maximum absolute atomic E-state index is 11.6. The van der Waals surface area contributed by atoms with Crippen molar-refractivity contribution in [3.05, 3.63) is 24.8 Å². The average molecular weight is 502 g/mol. The van der Waals surface area contributed by atoms with Crippen LogP contribution in [0.2, 0.25) is 0 Å². The number of hydrogen-bond donors (Lipinski definition) is 3. The van der Waals surface area contributed by atoms with Crippen LogP contribution < -0.4 is 11.1 Å². The van der Waals surface area contributed by atoms with Gasteiger partial charge >= 0.3 is 0 Å². The van der Waals surface area contributed by atoms with Crippen molar-refractivity contribution in [2.45, 2.75) is 0 Å². The van der Waals surface area contributed by atoms with Crippen LogP contribution in [-0.2, 0) is 0 Å². The average Bonchev–Trinajstić information content (AvgIpc) is 2.24. The van der Waals surface area contributed by atoms with E-state index in [1.54, 1.807) is 0 Å². The highest BCUT2D eigenvalue weighted by Crippen LogP contribution is 2.27. The zero-order chi connectivity index (χ0) is 12.3. The van der Waals surface area contributed by atoms with Gasteiger partial charge in [-0.3, -0.25) is 10.1 Å². The first-order chi connectivity index (χ1) is 7.45. The Balaban J connectivity index is 0.00000256. The quantitative estimate of drug-likeness (QED) is 0.313. The molecule has 94 valence electrons. The molecule has 0 spiro atoms. The van der Waals surface area contributed by atoms with E-state index >= 15 is 0 Å². The Morgan fingerprint density at radius 2 is 1.88 bits per heavy atom. The summed E-state index contributed by atoms with van der Waals surface area (Å²) in [5, 5.41) is 11.8. The third-order valence-corrected chi connectivity index (χ3v) is 3.44. The number of halogens is 4. The molecule has 0 unspecified atom stereocenters. The highest BCUT2D eigenvalue weighted by Gasteiger charge is 2.12. The van der Waals surface area contributed by atoms with Gasteiger partial charge in [0.05, 0.1) is 7.14 Å². The van der Waals surface area contributed by atoms with Gasteiger partial charge in [-0.2, -0.15) is 0 Å². The molecular weight excluding hydrogens is 495 g/mol. The van der Waals surface area contributed by atoms with Crippen LogP contribution in [0, 0.1) is 7.14 Å². The van der Waals surface area contributed by atoms with Crippen molar-refractivity contribution >= 4 is 81.2 Å². The van der Waals surface area contributed by atoms with Crippen LogP contribution in [0.5, 0.6) is 5.75 Å². The molecule has 0 aromatic heterocycles. The van der Waals surface area contributed by atoms with Gasteiger partial charge in [0.25, 0.3) is 5.91 Å². The van der Waals surface area contributed by atoms with Crippen LogP contribution >= 0.6 is 69.4 Å². The number of nitrogens with two attached hydrogens (primary N) is 1. The summed E-state index contributed by atoms with van der Waals surface area (Å²) in [6.07, 6.45) is 0. The van der Waals surface area contributed by atoms with Gasteiger partial charge in [0.2, 0.25) is 5.96 Å². The lowest BCUT2D eigenvalue weighted by Crippen LogP contribution is -2.36.